The highest BCUT2D eigenvalue weighted by atomic mass is 79.9. The van der Waals surface area contributed by atoms with Crippen molar-refractivity contribution in [2.24, 2.45) is 0 Å². The molecule has 1 amide bonds. The number of halogens is 1. The Bertz CT molecular complexity index is 723. The minimum Gasteiger partial charge on any atom is -0.462 e. The minimum atomic E-state index is -0.458. The molecular formula is C18H16BrNO3. The Kier molecular flexibility index (Phi) is 6.11. The average molecular weight is 374 g/mol. The van der Waals surface area contributed by atoms with Crippen LogP contribution < -0.4 is 5.32 Å². The third-order valence-electron chi connectivity index (χ3n) is 2.98. The van der Waals surface area contributed by atoms with E-state index in [4.69, 9.17) is 4.74 Å². The van der Waals surface area contributed by atoms with Gasteiger partial charge in [0.25, 0.3) is 0 Å². The summed E-state index contributed by atoms with van der Waals surface area (Å²) in [5.74, 6) is -0.773. The van der Waals surface area contributed by atoms with E-state index in [1.54, 1.807) is 37.3 Å². The van der Waals surface area contributed by atoms with Crippen molar-refractivity contribution in [3.63, 3.8) is 0 Å². The lowest BCUT2D eigenvalue weighted by Gasteiger charge is -2.08. The molecule has 2 rings (SSSR count). The first-order valence-electron chi connectivity index (χ1n) is 7.11. The highest BCUT2D eigenvalue weighted by molar-refractivity contribution is 9.10. The van der Waals surface area contributed by atoms with E-state index in [0.717, 1.165) is 10.0 Å². The highest BCUT2D eigenvalue weighted by Crippen LogP contribution is 2.16. The van der Waals surface area contributed by atoms with Gasteiger partial charge in [0.15, 0.2) is 0 Å². The fraction of sp³-hybridized carbons (Fsp3) is 0.111. The van der Waals surface area contributed by atoms with Crippen molar-refractivity contribution in [2.75, 3.05) is 11.9 Å². The van der Waals surface area contributed by atoms with Crippen molar-refractivity contribution >= 4 is 39.6 Å². The maximum absolute atomic E-state index is 12.0. The largest absolute Gasteiger partial charge is 0.462 e. The number of hydrogen-bond acceptors (Lipinski definition) is 3. The van der Waals surface area contributed by atoms with Gasteiger partial charge in [-0.1, -0.05) is 40.2 Å². The summed E-state index contributed by atoms with van der Waals surface area (Å²) in [6.45, 7) is 2.02. The molecule has 1 N–H and O–H groups in total. The predicted octanol–water partition coefficient (Wildman–Crippen LogP) is 4.28. The highest BCUT2D eigenvalue weighted by Gasteiger charge is 2.12. The Morgan fingerprint density at radius 1 is 1.13 bits per heavy atom. The Morgan fingerprint density at radius 2 is 1.83 bits per heavy atom. The monoisotopic (exact) mass is 373 g/mol. The maximum atomic E-state index is 12.0. The minimum absolute atomic E-state index is 0.282. The van der Waals surface area contributed by atoms with Crippen molar-refractivity contribution in [1.82, 2.24) is 0 Å². The number of rotatable bonds is 5. The summed E-state index contributed by atoms with van der Waals surface area (Å²) >= 11 is 3.36. The van der Waals surface area contributed by atoms with E-state index >= 15 is 0 Å². The summed E-state index contributed by atoms with van der Waals surface area (Å²) in [6.07, 6.45) is 3.12. The molecule has 0 aliphatic heterocycles. The zero-order valence-electron chi connectivity index (χ0n) is 12.6. The van der Waals surface area contributed by atoms with Crippen LogP contribution in [0.1, 0.15) is 22.8 Å². The molecule has 0 atom stereocenters. The van der Waals surface area contributed by atoms with Gasteiger partial charge < -0.3 is 10.1 Å². The number of carbonyl (C=O) groups is 2. The lowest BCUT2D eigenvalue weighted by molar-refractivity contribution is -0.111. The number of ether oxygens (including phenoxy) is 1. The molecule has 0 spiro atoms. The van der Waals surface area contributed by atoms with Gasteiger partial charge in [-0.05, 0) is 42.8 Å². The van der Waals surface area contributed by atoms with Gasteiger partial charge in [-0.15, -0.1) is 0 Å². The van der Waals surface area contributed by atoms with Crippen molar-refractivity contribution in [3.05, 3.63) is 70.2 Å². The molecule has 118 valence electrons. The van der Waals surface area contributed by atoms with Crippen LogP contribution in [0.3, 0.4) is 0 Å². The zero-order valence-corrected chi connectivity index (χ0v) is 14.2. The Balaban J connectivity index is 2.08. The molecule has 0 bridgehead atoms. The van der Waals surface area contributed by atoms with Gasteiger partial charge in [0.1, 0.15) is 0 Å². The van der Waals surface area contributed by atoms with E-state index < -0.39 is 5.97 Å². The fourth-order valence-electron chi connectivity index (χ4n) is 1.90. The van der Waals surface area contributed by atoms with Gasteiger partial charge in [0.05, 0.1) is 17.9 Å². The molecule has 4 nitrogen and oxygen atoms in total. The predicted molar refractivity (Wildman–Crippen MR) is 94.2 cm³/mol. The summed E-state index contributed by atoms with van der Waals surface area (Å²) < 4.78 is 5.95. The second-order valence-electron chi connectivity index (χ2n) is 4.64. The summed E-state index contributed by atoms with van der Waals surface area (Å²) in [5.41, 5.74) is 1.66. The number of amides is 1. The fourth-order valence-corrected chi connectivity index (χ4v) is 2.16. The van der Waals surface area contributed by atoms with Gasteiger partial charge in [-0.25, -0.2) is 4.79 Å². The van der Waals surface area contributed by atoms with Crippen molar-refractivity contribution < 1.29 is 14.3 Å². The molecule has 0 aromatic heterocycles. The Hall–Kier alpha value is -2.40. The molecule has 0 aliphatic rings. The molecule has 2 aromatic carbocycles. The lowest BCUT2D eigenvalue weighted by Crippen LogP contribution is -2.13. The number of hydrogen-bond donors (Lipinski definition) is 1. The molecule has 0 aliphatic carbocycles. The molecule has 0 fully saturated rings. The van der Waals surface area contributed by atoms with Crippen LogP contribution in [-0.2, 0) is 9.53 Å². The molecule has 0 heterocycles. The van der Waals surface area contributed by atoms with Crippen LogP contribution in [0.15, 0.2) is 59.1 Å². The van der Waals surface area contributed by atoms with E-state index in [2.05, 4.69) is 21.2 Å². The Labute approximate surface area is 143 Å². The van der Waals surface area contributed by atoms with Gasteiger partial charge in [-0.2, -0.15) is 0 Å². The first-order valence-corrected chi connectivity index (χ1v) is 7.90. The number of anilines is 1. The van der Waals surface area contributed by atoms with E-state index in [1.807, 2.05) is 24.3 Å². The van der Waals surface area contributed by atoms with E-state index in [0.29, 0.717) is 11.3 Å². The molecule has 0 radical (unpaired) electrons. The van der Waals surface area contributed by atoms with E-state index in [9.17, 15) is 9.59 Å². The molecular weight excluding hydrogens is 358 g/mol. The van der Waals surface area contributed by atoms with Gasteiger partial charge in [-0.3, -0.25) is 4.79 Å². The van der Waals surface area contributed by atoms with Crippen LogP contribution in [0.25, 0.3) is 6.08 Å². The van der Waals surface area contributed by atoms with Crippen molar-refractivity contribution in [3.8, 4) is 0 Å². The van der Waals surface area contributed by atoms with E-state index in [1.165, 1.54) is 6.08 Å². The summed E-state index contributed by atoms with van der Waals surface area (Å²) in [5, 5.41) is 2.70. The number of benzene rings is 2. The molecule has 2 aromatic rings. The topological polar surface area (TPSA) is 55.4 Å². The van der Waals surface area contributed by atoms with Gasteiger partial charge in [0, 0.05) is 10.5 Å². The average Bonchev–Trinajstić information content (AvgIpc) is 2.55. The SMILES string of the molecule is CCOC(=O)c1ccccc1NC(=O)/C=C\c1ccc(Br)cc1. The smallest absolute Gasteiger partial charge is 0.340 e. The molecule has 23 heavy (non-hydrogen) atoms. The van der Waals surface area contributed by atoms with Crippen LogP contribution >= 0.6 is 15.9 Å². The zero-order chi connectivity index (χ0) is 16.7. The van der Waals surface area contributed by atoms with Crippen LogP contribution in [0.5, 0.6) is 0 Å². The molecule has 5 heteroatoms. The summed E-state index contributed by atoms with van der Waals surface area (Å²) in [6, 6.07) is 14.3. The number of nitrogens with one attached hydrogen (secondary N) is 1. The third kappa shape index (κ3) is 5.07. The van der Waals surface area contributed by atoms with Crippen LogP contribution in [-0.4, -0.2) is 18.5 Å². The lowest BCUT2D eigenvalue weighted by atomic mass is 10.1. The summed E-state index contributed by atoms with van der Waals surface area (Å²) in [7, 11) is 0. The Morgan fingerprint density at radius 3 is 2.52 bits per heavy atom. The second-order valence-corrected chi connectivity index (χ2v) is 5.56. The first-order chi connectivity index (χ1) is 11.1. The van der Waals surface area contributed by atoms with E-state index in [-0.39, 0.29) is 12.5 Å². The van der Waals surface area contributed by atoms with Crippen LogP contribution in [0.4, 0.5) is 5.69 Å². The van der Waals surface area contributed by atoms with Crippen LogP contribution in [0.2, 0.25) is 0 Å². The quantitative estimate of drug-likeness (QED) is 0.628. The maximum Gasteiger partial charge on any atom is 0.340 e. The van der Waals surface area contributed by atoms with Gasteiger partial charge >= 0.3 is 5.97 Å². The second kappa shape index (κ2) is 8.29. The number of esters is 1. The molecule has 0 unspecified atom stereocenters. The first kappa shape index (κ1) is 17.0. The summed E-state index contributed by atoms with van der Waals surface area (Å²) in [4.78, 5) is 23.9. The van der Waals surface area contributed by atoms with Crippen LogP contribution in [0, 0.1) is 0 Å². The van der Waals surface area contributed by atoms with Gasteiger partial charge in [0.2, 0.25) is 5.91 Å². The molecule has 0 saturated carbocycles. The number of para-hydroxylation sites is 1. The normalized spacial score (nSPS) is 10.5. The standard InChI is InChI=1S/C18H16BrNO3/c1-2-23-18(22)15-5-3-4-6-16(15)20-17(21)12-9-13-7-10-14(19)11-8-13/h3-12H,2H2,1H3,(H,20,21)/b12-9-. The van der Waals surface area contributed by atoms with Crippen molar-refractivity contribution in [1.29, 1.82) is 0 Å². The van der Waals surface area contributed by atoms with Crippen molar-refractivity contribution in [2.45, 2.75) is 6.92 Å². The molecule has 0 saturated heterocycles. The number of carbonyl (C=O) groups excluding carboxylic acids is 2. The third-order valence-corrected chi connectivity index (χ3v) is 3.51.